The molecule has 0 aliphatic carbocycles. The predicted molar refractivity (Wildman–Crippen MR) is 59.7 cm³/mol. The van der Waals surface area contributed by atoms with Gasteiger partial charge in [0, 0.05) is 18.3 Å². The maximum absolute atomic E-state index is 12.8. The van der Waals surface area contributed by atoms with Gasteiger partial charge < -0.3 is 10.6 Å². The average molecular weight is 294 g/mol. The first-order valence-corrected chi connectivity index (χ1v) is 6.12. The zero-order chi connectivity index (χ0) is 10.8. The Kier molecular flexibility index (Phi) is 3.32. The van der Waals surface area contributed by atoms with E-state index in [1.165, 1.54) is 11.3 Å². The Morgan fingerprint density at radius 3 is 3.13 bits per heavy atom. The van der Waals surface area contributed by atoms with Gasteiger partial charge in [0.15, 0.2) is 5.13 Å². The lowest BCUT2D eigenvalue weighted by atomic mass is 10.2. The molecule has 2 rings (SSSR count). The van der Waals surface area contributed by atoms with E-state index in [2.05, 4.69) is 31.5 Å². The molecule has 1 aromatic rings. The van der Waals surface area contributed by atoms with Crippen molar-refractivity contribution in [1.82, 2.24) is 10.3 Å². The molecule has 1 aliphatic rings. The zero-order valence-corrected chi connectivity index (χ0v) is 10.1. The van der Waals surface area contributed by atoms with Crippen molar-refractivity contribution in [2.24, 2.45) is 0 Å². The molecule has 1 aromatic heterocycles. The van der Waals surface area contributed by atoms with Crippen molar-refractivity contribution in [3.63, 3.8) is 0 Å². The number of aromatic nitrogens is 1. The Bertz CT molecular complexity index is 373. The van der Waals surface area contributed by atoms with Crippen LogP contribution < -0.4 is 10.6 Å². The molecular formula is C8H9BrFN3OS. The van der Waals surface area contributed by atoms with Crippen molar-refractivity contribution in [2.45, 2.75) is 18.6 Å². The van der Waals surface area contributed by atoms with E-state index in [4.69, 9.17) is 0 Å². The first kappa shape index (κ1) is 11.0. The summed E-state index contributed by atoms with van der Waals surface area (Å²) in [6.07, 6.45) is -0.693. The Balaban J connectivity index is 1.92. The number of nitrogens with zero attached hydrogens (tertiary/aromatic N) is 1. The van der Waals surface area contributed by atoms with Gasteiger partial charge in [-0.1, -0.05) is 0 Å². The first-order valence-electron chi connectivity index (χ1n) is 4.44. The van der Waals surface area contributed by atoms with Gasteiger partial charge in [-0.3, -0.25) is 4.79 Å². The molecule has 0 unspecified atom stereocenters. The largest absolute Gasteiger partial charge is 0.303 e. The van der Waals surface area contributed by atoms with Crippen LogP contribution in [0.4, 0.5) is 9.52 Å². The summed E-state index contributed by atoms with van der Waals surface area (Å²) in [5, 5.41) is 7.74. The van der Waals surface area contributed by atoms with E-state index in [0.29, 0.717) is 9.73 Å². The fourth-order valence-electron chi connectivity index (χ4n) is 1.40. The minimum atomic E-state index is -0.927. The molecule has 0 aromatic carbocycles. The van der Waals surface area contributed by atoms with Crippen molar-refractivity contribution >= 4 is 38.3 Å². The summed E-state index contributed by atoms with van der Waals surface area (Å²) in [6.45, 7) is 0.250. The number of hydrogen-bond donors (Lipinski definition) is 2. The number of thiazole rings is 1. The van der Waals surface area contributed by atoms with E-state index in [1.54, 1.807) is 5.38 Å². The number of hydrogen-bond acceptors (Lipinski definition) is 4. The standard InChI is InChI=1S/C8H9BrFN3OS/c9-6-3-15-8(12-6)13-7(14)5-1-4(10)2-11-5/h3-5,11H,1-2H2,(H,12,13,14)/t4-,5+/m1/s1. The summed E-state index contributed by atoms with van der Waals surface area (Å²) >= 11 is 4.51. The molecule has 7 heteroatoms. The van der Waals surface area contributed by atoms with E-state index in [-0.39, 0.29) is 18.9 Å². The molecule has 82 valence electrons. The minimum Gasteiger partial charge on any atom is -0.303 e. The van der Waals surface area contributed by atoms with Crippen LogP contribution in [0.25, 0.3) is 0 Å². The summed E-state index contributed by atoms with van der Waals surface area (Å²) in [6, 6.07) is -0.442. The third-order valence-corrected chi connectivity index (χ3v) is 3.57. The molecule has 0 bridgehead atoms. The molecule has 0 saturated carbocycles. The van der Waals surface area contributed by atoms with Crippen molar-refractivity contribution < 1.29 is 9.18 Å². The summed E-state index contributed by atoms with van der Waals surface area (Å²) in [5.74, 6) is -0.225. The fraction of sp³-hybridized carbons (Fsp3) is 0.500. The lowest BCUT2D eigenvalue weighted by Crippen LogP contribution is -2.35. The number of anilines is 1. The molecular weight excluding hydrogens is 285 g/mol. The zero-order valence-electron chi connectivity index (χ0n) is 7.67. The molecule has 1 saturated heterocycles. The number of nitrogens with one attached hydrogen (secondary N) is 2. The molecule has 2 atom stereocenters. The van der Waals surface area contributed by atoms with E-state index in [1.807, 2.05) is 0 Å². The number of carbonyl (C=O) groups is 1. The fourth-order valence-corrected chi connectivity index (χ4v) is 2.54. The summed E-state index contributed by atoms with van der Waals surface area (Å²) in [4.78, 5) is 15.6. The molecule has 4 nitrogen and oxygen atoms in total. The molecule has 0 spiro atoms. The smallest absolute Gasteiger partial charge is 0.243 e. The van der Waals surface area contributed by atoms with Gasteiger partial charge in [0.05, 0.1) is 6.04 Å². The second kappa shape index (κ2) is 4.54. The van der Waals surface area contributed by atoms with Crippen molar-refractivity contribution in [3.05, 3.63) is 9.98 Å². The molecule has 15 heavy (non-hydrogen) atoms. The second-order valence-electron chi connectivity index (χ2n) is 3.26. The maximum atomic E-state index is 12.8. The molecule has 2 N–H and O–H groups in total. The third kappa shape index (κ3) is 2.73. The average Bonchev–Trinajstić information content (AvgIpc) is 2.75. The molecule has 2 heterocycles. The van der Waals surface area contributed by atoms with E-state index in [0.717, 1.165) is 0 Å². The highest BCUT2D eigenvalue weighted by Gasteiger charge is 2.29. The Hall–Kier alpha value is -0.530. The van der Waals surface area contributed by atoms with Gasteiger partial charge in [0.25, 0.3) is 0 Å². The summed E-state index contributed by atoms with van der Waals surface area (Å²) < 4.78 is 13.5. The predicted octanol–water partition coefficient (Wildman–Crippen LogP) is 1.54. The van der Waals surface area contributed by atoms with E-state index < -0.39 is 12.2 Å². The van der Waals surface area contributed by atoms with Gasteiger partial charge in [-0.2, -0.15) is 0 Å². The van der Waals surface area contributed by atoms with Crippen LogP contribution in [0.15, 0.2) is 9.98 Å². The van der Waals surface area contributed by atoms with Crippen LogP contribution in [0.2, 0.25) is 0 Å². The molecule has 1 aliphatic heterocycles. The van der Waals surface area contributed by atoms with Crippen LogP contribution in [0.5, 0.6) is 0 Å². The number of carbonyl (C=O) groups excluding carboxylic acids is 1. The Morgan fingerprint density at radius 1 is 1.80 bits per heavy atom. The van der Waals surface area contributed by atoms with Crippen LogP contribution in [-0.4, -0.2) is 29.6 Å². The van der Waals surface area contributed by atoms with Crippen LogP contribution >= 0.6 is 27.3 Å². The highest BCUT2D eigenvalue weighted by molar-refractivity contribution is 9.10. The lowest BCUT2D eigenvalue weighted by molar-refractivity contribution is -0.117. The minimum absolute atomic E-state index is 0.225. The number of halogens is 2. The quantitative estimate of drug-likeness (QED) is 0.870. The molecule has 1 fully saturated rings. The second-order valence-corrected chi connectivity index (χ2v) is 4.93. The molecule has 0 radical (unpaired) electrons. The van der Waals surface area contributed by atoms with Crippen LogP contribution in [0.1, 0.15) is 6.42 Å². The van der Waals surface area contributed by atoms with Gasteiger partial charge in [0.2, 0.25) is 5.91 Å². The Labute approximate surface area is 98.4 Å². The first-order chi connectivity index (χ1) is 7.15. The number of alkyl halides is 1. The number of amides is 1. The third-order valence-electron chi connectivity index (χ3n) is 2.10. The summed E-state index contributed by atoms with van der Waals surface area (Å²) in [5.41, 5.74) is 0. The van der Waals surface area contributed by atoms with Crippen LogP contribution in [-0.2, 0) is 4.79 Å². The van der Waals surface area contributed by atoms with E-state index in [9.17, 15) is 9.18 Å². The van der Waals surface area contributed by atoms with Gasteiger partial charge in [-0.15, -0.1) is 11.3 Å². The van der Waals surface area contributed by atoms with Gasteiger partial charge in [-0.25, -0.2) is 9.37 Å². The monoisotopic (exact) mass is 293 g/mol. The topological polar surface area (TPSA) is 54.0 Å². The van der Waals surface area contributed by atoms with E-state index >= 15 is 0 Å². The lowest BCUT2D eigenvalue weighted by Gasteiger charge is -2.07. The summed E-state index contributed by atoms with van der Waals surface area (Å²) in [7, 11) is 0. The highest BCUT2D eigenvalue weighted by Crippen LogP contribution is 2.20. The normalized spacial score (nSPS) is 25.5. The molecule has 1 amide bonds. The highest BCUT2D eigenvalue weighted by atomic mass is 79.9. The maximum Gasteiger partial charge on any atom is 0.243 e. The van der Waals surface area contributed by atoms with Crippen LogP contribution in [0.3, 0.4) is 0 Å². The van der Waals surface area contributed by atoms with Crippen LogP contribution in [0, 0.1) is 0 Å². The number of rotatable bonds is 2. The van der Waals surface area contributed by atoms with Crippen molar-refractivity contribution in [3.8, 4) is 0 Å². The van der Waals surface area contributed by atoms with Gasteiger partial charge in [0.1, 0.15) is 10.8 Å². The Morgan fingerprint density at radius 2 is 2.60 bits per heavy atom. The van der Waals surface area contributed by atoms with Crippen molar-refractivity contribution in [2.75, 3.05) is 11.9 Å². The van der Waals surface area contributed by atoms with Gasteiger partial charge in [-0.05, 0) is 15.9 Å². The SMILES string of the molecule is O=C(Nc1nc(Br)cs1)[C@@H]1C[C@@H](F)CN1. The van der Waals surface area contributed by atoms with Crippen molar-refractivity contribution in [1.29, 1.82) is 0 Å². The van der Waals surface area contributed by atoms with Gasteiger partial charge >= 0.3 is 0 Å².